The van der Waals surface area contributed by atoms with Crippen LogP contribution in [0.1, 0.15) is 113 Å². The Kier molecular flexibility index (Phi) is 16.1. The van der Waals surface area contributed by atoms with Crippen molar-refractivity contribution in [1.29, 1.82) is 0 Å². The number of carbonyl (C=O) groups is 2. The van der Waals surface area contributed by atoms with Gasteiger partial charge in [-0.05, 0) is 99.5 Å². The monoisotopic (exact) mass is 1010 g/mol. The lowest BCUT2D eigenvalue weighted by Crippen LogP contribution is -2.57. The number of aromatic nitrogens is 3. The Morgan fingerprint density at radius 1 is 0.917 bits per heavy atom. The number of likely N-dealkylation sites (tertiary alicyclic amines) is 1. The second kappa shape index (κ2) is 21.7. The maximum absolute atomic E-state index is 18.0. The number of fused-ring (bicyclic) bond motifs is 4. The number of halogens is 2. The van der Waals surface area contributed by atoms with Gasteiger partial charge in [0, 0.05) is 62.4 Å². The van der Waals surface area contributed by atoms with Gasteiger partial charge >= 0.3 is 18.1 Å². The van der Waals surface area contributed by atoms with Gasteiger partial charge in [0.1, 0.15) is 42.3 Å². The number of amides is 1. The number of ether oxygens (including phenoxy) is 6. The molecule has 17 heteroatoms. The Balaban J connectivity index is 1.18. The number of hydrogen-bond acceptors (Lipinski definition) is 13. The summed E-state index contributed by atoms with van der Waals surface area (Å²) in [5.41, 5.74) is 4.26. The topological polar surface area (TPSA) is 138 Å². The summed E-state index contributed by atoms with van der Waals surface area (Å²) in [6.45, 7) is 22.9. The van der Waals surface area contributed by atoms with E-state index in [1.165, 1.54) is 20.3 Å². The van der Waals surface area contributed by atoms with Crippen molar-refractivity contribution >= 4 is 47.6 Å². The molecule has 0 spiro atoms. The molecule has 390 valence electrons. The number of piperidine rings is 1. The van der Waals surface area contributed by atoms with Crippen LogP contribution >= 0.6 is 0 Å². The summed E-state index contributed by atoms with van der Waals surface area (Å²) in [5.74, 6) is 2.70. The van der Waals surface area contributed by atoms with Crippen LogP contribution in [0.3, 0.4) is 0 Å². The number of nitrogens with zero attached hydrogens (tertiary/aromatic N) is 6. The van der Waals surface area contributed by atoms with Crippen LogP contribution in [-0.2, 0) is 23.7 Å². The number of methoxy groups -OCH3 is 2. The molecule has 1 saturated carbocycles. The fourth-order valence-electron chi connectivity index (χ4n) is 11.6. The molecule has 3 saturated heterocycles. The molecule has 1 amide bonds. The first-order chi connectivity index (χ1) is 34.3. The molecule has 4 fully saturated rings. The zero-order valence-corrected chi connectivity index (χ0v) is 45.2. The second-order valence-corrected chi connectivity index (χ2v) is 27.9. The van der Waals surface area contributed by atoms with Gasteiger partial charge in [-0.1, -0.05) is 53.5 Å². The maximum atomic E-state index is 18.0. The molecule has 0 radical (unpaired) electrons. The van der Waals surface area contributed by atoms with Crippen LogP contribution in [-0.4, -0.2) is 136 Å². The number of piperazine rings is 1. The molecule has 2 atom stereocenters. The highest BCUT2D eigenvalue weighted by molar-refractivity contribution is 6.90. The molecule has 4 aliphatic rings. The van der Waals surface area contributed by atoms with Crippen molar-refractivity contribution in [2.24, 2.45) is 5.41 Å². The van der Waals surface area contributed by atoms with E-state index in [2.05, 4.69) is 62.8 Å². The molecule has 72 heavy (non-hydrogen) atoms. The first-order valence-electron chi connectivity index (χ1n) is 25.8. The van der Waals surface area contributed by atoms with Gasteiger partial charge in [0.2, 0.25) is 0 Å². The van der Waals surface area contributed by atoms with E-state index in [9.17, 15) is 9.59 Å². The van der Waals surface area contributed by atoms with E-state index in [0.717, 1.165) is 58.2 Å². The Labute approximate surface area is 424 Å². The third-order valence-corrected chi connectivity index (χ3v) is 21.7. The number of rotatable bonds is 17. The Bertz CT molecular complexity index is 2660. The van der Waals surface area contributed by atoms with Crippen LogP contribution in [0.25, 0.3) is 32.9 Å². The summed E-state index contributed by atoms with van der Waals surface area (Å²) in [6.07, 6.45) is 6.81. The molecule has 3 aliphatic heterocycles. The lowest BCUT2D eigenvalue weighted by molar-refractivity contribution is -0.142. The minimum Gasteiger partial charge on any atom is -0.469 e. The standard InChI is InChI=1S/C55H74F2N6O8Si/c1-34(2)72(35(3)4,36(5)6)25-19-42-45(56)15-12-37-26-41(70-33-66-10)27-43(47(37)42)49-48(57)50-44(28-58-49)51(62-29-38-13-14-39(30-62)63(38)53(65)71-54(7,8)9)60-52(59-50)69-32-55(20-21-55)31-61-22-16-40(17-23-61)68-24-18-46(64)67-11/h12,15,26-28,34-36,38-40H,13-14,16-18,20-24,29-33H2,1-11H3. The molecule has 14 nitrogen and oxygen atoms in total. The molecule has 5 heterocycles. The first-order valence-corrected chi connectivity index (χ1v) is 28.1. The van der Waals surface area contributed by atoms with Crippen LogP contribution in [0, 0.1) is 28.5 Å². The van der Waals surface area contributed by atoms with E-state index < -0.39 is 25.3 Å². The van der Waals surface area contributed by atoms with Gasteiger partial charge in [-0.2, -0.15) is 9.97 Å². The lowest BCUT2D eigenvalue weighted by atomic mass is 9.95. The lowest BCUT2D eigenvalue weighted by Gasteiger charge is -2.42. The van der Waals surface area contributed by atoms with E-state index in [-0.39, 0.29) is 71.7 Å². The molecule has 2 unspecified atom stereocenters. The highest BCUT2D eigenvalue weighted by atomic mass is 28.3. The van der Waals surface area contributed by atoms with Crippen molar-refractivity contribution in [3.05, 3.63) is 47.7 Å². The largest absolute Gasteiger partial charge is 0.469 e. The third kappa shape index (κ3) is 11.3. The number of hydrogen-bond donors (Lipinski definition) is 0. The Morgan fingerprint density at radius 3 is 2.21 bits per heavy atom. The average molecular weight is 1010 g/mol. The van der Waals surface area contributed by atoms with Gasteiger partial charge in [-0.25, -0.2) is 13.6 Å². The van der Waals surface area contributed by atoms with Crippen LogP contribution in [0.2, 0.25) is 16.6 Å². The van der Waals surface area contributed by atoms with Gasteiger partial charge in [-0.3, -0.25) is 14.7 Å². The van der Waals surface area contributed by atoms with Gasteiger partial charge in [0.25, 0.3) is 0 Å². The van der Waals surface area contributed by atoms with Gasteiger partial charge in [-0.15, -0.1) is 5.54 Å². The summed E-state index contributed by atoms with van der Waals surface area (Å²) in [4.78, 5) is 46.2. The molecule has 2 aromatic heterocycles. The molecule has 8 rings (SSSR count). The van der Waals surface area contributed by atoms with Crippen LogP contribution in [0.15, 0.2) is 30.5 Å². The Hall–Kier alpha value is -5.15. The van der Waals surface area contributed by atoms with E-state index in [4.69, 9.17) is 43.4 Å². The molecule has 1 aliphatic carbocycles. The van der Waals surface area contributed by atoms with Gasteiger partial charge < -0.3 is 38.2 Å². The summed E-state index contributed by atoms with van der Waals surface area (Å²) in [7, 11) is 0.567. The van der Waals surface area contributed by atoms with Crippen molar-refractivity contribution < 1.29 is 46.8 Å². The number of carbonyl (C=O) groups excluding carboxylic acids is 2. The highest BCUT2D eigenvalue weighted by Crippen LogP contribution is 2.48. The van der Waals surface area contributed by atoms with Crippen molar-refractivity contribution in [2.75, 3.05) is 71.8 Å². The second-order valence-electron chi connectivity index (χ2n) is 22.3. The summed E-state index contributed by atoms with van der Waals surface area (Å²) in [6, 6.07) is 6.25. The summed E-state index contributed by atoms with van der Waals surface area (Å²) < 4.78 is 68.9. The third-order valence-electron chi connectivity index (χ3n) is 15.4. The summed E-state index contributed by atoms with van der Waals surface area (Å²) in [5, 5.41) is 1.41. The van der Waals surface area contributed by atoms with E-state index in [0.29, 0.717) is 76.2 Å². The zero-order chi connectivity index (χ0) is 51.7. The van der Waals surface area contributed by atoms with E-state index in [1.54, 1.807) is 24.4 Å². The minimum atomic E-state index is -2.33. The fourth-order valence-corrected chi connectivity index (χ4v) is 16.8. The first kappa shape index (κ1) is 53.1. The van der Waals surface area contributed by atoms with Crippen molar-refractivity contribution in [3.8, 4) is 34.5 Å². The number of benzene rings is 2. The molecule has 2 aromatic carbocycles. The summed E-state index contributed by atoms with van der Waals surface area (Å²) >= 11 is 0. The van der Waals surface area contributed by atoms with Crippen molar-refractivity contribution in [3.63, 3.8) is 0 Å². The van der Waals surface area contributed by atoms with Crippen molar-refractivity contribution in [1.82, 2.24) is 24.8 Å². The highest BCUT2D eigenvalue weighted by Gasteiger charge is 2.47. The molecular weight excluding hydrogens is 939 g/mol. The number of anilines is 1. The minimum absolute atomic E-state index is 0.00675. The molecule has 0 N–H and O–H groups in total. The van der Waals surface area contributed by atoms with E-state index >= 15 is 8.78 Å². The van der Waals surface area contributed by atoms with E-state index in [1.807, 2.05) is 25.7 Å². The van der Waals surface area contributed by atoms with Gasteiger partial charge in [0.05, 0.1) is 55.9 Å². The Morgan fingerprint density at radius 2 is 1.60 bits per heavy atom. The normalized spacial score (nSPS) is 19.3. The quantitative estimate of drug-likeness (QED) is 0.0430. The zero-order valence-electron chi connectivity index (χ0n) is 44.2. The van der Waals surface area contributed by atoms with Crippen LogP contribution < -0.4 is 14.4 Å². The average Bonchev–Trinajstić information content (AvgIpc) is 4.04. The van der Waals surface area contributed by atoms with Crippen LogP contribution in [0.4, 0.5) is 19.4 Å². The molecular formula is C55H74F2N6O8Si. The number of pyridine rings is 1. The number of esters is 1. The smallest absolute Gasteiger partial charge is 0.410 e. The fraction of sp³-hybridized carbons (Fsp3) is 0.618. The van der Waals surface area contributed by atoms with Crippen molar-refractivity contribution in [2.45, 2.75) is 148 Å². The predicted octanol–water partition coefficient (Wildman–Crippen LogP) is 10.5. The molecule has 2 bridgehead atoms. The van der Waals surface area contributed by atoms with Gasteiger partial charge in [0.15, 0.2) is 12.6 Å². The SMILES string of the molecule is COCOc1cc(-c2ncc3c(N4CC5CCC(C4)N5C(=O)OC(C)(C)C)nc(OCC4(CN5CCC(OCCC(=O)OC)CC5)CC4)nc3c2F)c2c(C#C[Si](C(C)C)(C(C)C)C(C)C)c(F)ccc2c1. The predicted molar refractivity (Wildman–Crippen MR) is 277 cm³/mol. The van der Waals surface area contributed by atoms with Crippen LogP contribution in [0.5, 0.6) is 11.8 Å². The maximum Gasteiger partial charge on any atom is 0.410 e. The molecule has 4 aromatic rings.